The van der Waals surface area contributed by atoms with Gasteiger partial charge in [0.2, 0.25) is 5.91 Å². The van der Waals surface area contributed by atoms with E-state index < -0.39 is 0 Å². The predicted octanol–water partition coefficient (Wildman–Crippen LogP) is 4.02. The number of hydrogen-bond acceptors (Lipinski definition) is 4. The number of rotatable bonds is 5. The fourth-order valence-electron chi connectivity index (χ4n) is 2.53. The second kappa shape index (κ2) is 7.57. The van der Waals surface area contributed by atoms with Gasteiger partial charge in [0.1, 0.15) is 0 Å². The number of amides is 1. The smallest absolute Gasteiger partial charge is 0.229 e. The zero-order valence-electron chi connectivity index (χ0n) is 14.3. The van der Waals surface area contributed by atoms with Crippen LogP contribution in [0.4, 0.5) is 17.3 Å². The number of aromatic nitrogens is 2. The summed E-state index contributed by atoms with van der Waals surface area (Å²) in [6.07, 6.45) is 0.311. The Labute approximate surface area is 147 Å². The van der Waals surface area contributed by atoms with Gasteiger partial charge in [0, 0.05) is 5.69 Å². The Morgan fingerprint density at radius 3 is 2.32 bits per heavy atom. The molecule has 0 bridgehead atoms. The van der Waals surface area contributed by atoms with Crippen molar-refractivity contribution in [3.05, 3.63) is 77.4 Å². The first-order valence-electron chi connectivity index (χ1n) is 8.12. The Balaban J connectivity index is 1.61. The van der Waals surface area contributed by atoms with E-state index in [1.165, 1.54) is 5.56 Å². The summed E-state index contributed by atoms with van der Waals surface area (Å²) in [6, 6.07) is 19.3. The standard InChI is InChI=1S/C20H20N4O/c1-14-8-9-17(15(2)12-14)21-18-10-11-19(24-23-18)22-20(25)13-16-6-4-3-5-7-16/h3-12H,13H2,1-2H3,(H,21,23)(H,22,24,25). The SMILES string of the molecule is Cc1ccc(Nc2ccc(NC(=O)Cc3ccccc3)nn2)c(C)c1. The maximum atomic E-state index is 12.0. The van der Waals surface area contributed by atoms with Crippen molar-refractivity contribution in [1.82, 2.24) is 10.2 Å². The lowest BCUT2D eigenvalue weighted by atomic mass is 10.1. The van der Waals surface area contributed by atoms with E-state index in [0.29, 0.717) is 18.1 Å². The quantitative estimate of drug-likeness (QED) is 0.740. The van der Waals surface area contributed by atoms with E-state index in [0.717, 1.165) is 16.8 Å². The van der Waals surface area contributed by atoms with Crippen molar-refractivity contribution in [2.45, 2.75) is 20.3 Å². The monoisotopic (exact) mass is 332 g/mol. The molecule has 25 heavy (non-hydrogen) atoms. The molecule has 2 N–H and O–H groups in total. The Kier molecular flexibility index (Phi) is 5.04. The van der Waals surface area contributed by atoms with E-state index in [2.05, 4.69) is 33.8 Å². The number of benzene rings is 2. The van der Waals surface area contributed by atoms with Gasteiger partial charge in [-0.2, -0.15) is 0 Å². The van der Waals surface area contributed by atoms with Crippen LogP contribution in [0.3, 0.4) is 0 Å². The molecule has 0 aliphatic heterocycles. The van der Waals surface area contributed by atoms with Crippen LogP contribution in [0.5, 0.6) is 0 Å². The minimum absolute atomic E-state index is 0.115. The highest BCUT2D eigenvalue weighted by Gasteiger charge is 2.06. The Morgan fingerprint density at radius 2 is 1.64 bits per heavy atom. The molecule has 1 aromatic heterocycles. The molecule has 0 saturated carbocycles. The van der Waals surface area contributed by atoms with Gasteiger partial charge in [-0.15, -0.1) is 10.2 Å². The summed E-state index contributed by atoms with van der Waals surface area (Å²) in [4.78, 5) is 12.0. The van der Waals surface area contributed by atoms with Crippen LogP contribution in [0.15, 0.2) is 60.7 Å². The third-order valence-corrected chi connectivity index (χ3v) is 3.78. The average Bonchev–Trinajstić information content (AvgIpc) is 2.60. The van der Waals surface area contributed by atoms with Crippen LogP contribution in [0.1, 0.15) is 16.7 Å². The minimum Gasteiger partial charge on any atom is -0.339 e. The summed E-state index contributed by atoms with van der Waals surface area (Å²) >= 11 is 0. The van der Waals surface area contributed by atoms with Crippen LogP contribution in [-0.2, 0) is 11.2 Å². The Bertz CT molecular complexity index is 861. The molecule has 0 aliphatic carbocycles. The summed E-state index contributed by atoms with van der Waals surface area (Å²) < 4.78 is 0. The summed E-state index contributed by atoms with van der Waals surface area (Å²) in [7, 11) is 0. The molecular formula is C20H20N4O. The van der Waals surface area contributed by atoms with Gasteiger partial charge in [-0.25, -0.2) is 0 Å². The molecule has 0 fully saturated rings. The maximum Gasteiger partial charge on any atom is 0.229 e. The highest BCUT2D eigenvalue weighted by atomic mass is 16.1. The normalized spacial score (nSPS) is 10.3. The van der Waals surface area contributed by atoms with E-state index in [4.69, 9.17) is 0 Å². The lowest BCUT2D eigenvalue weighted by molar-refractivity contribution is -0.115. The molecule has 5 heteroatoms. The number of carbonyl (C=O) groups excluding carboxylic acids is 1. The van der Waals surface area contributed by atoms with Crippen LogP contribution in [0.25, 0.3) is 0 Å². The summed E-state index contributed by atoms with van der Waals surface area (Å²) in [5.74, 6) is 0.954. The van der Waals surface area contributed by atoms with Gasteiger partial charge in [0.25, 0.3) is 0 Å². The Morgan fingerprint density at radius 1 is 0.920 bits per heavy atom. The molecule has 0 atom stereocenters. The molecule has 2 aromatic carbocycles. The molecule has 1 amide bonds. The fraction of sp³-hybridized carbons (Fsp3) is 0.150. The topological polar surface area (TPSA) is 66.9 Å². The first kappa shape index (κ1) is 16.6. The lowest BCUT2D eigenvalue weighted by Gasteiger charge is -2.09. The second-order valence-electron chi connectivity index (χ2n) is 5.96. The lowest BCUT2D eigenvalue weighted by Crippen LogP contribution is -2.15. The average molecular weight is 332 g/mol. The van der Waals surface area contributed by atoms with Crippen LogP contribution in [0.2, 0.25) is 0 Å². The molecular weight excluding hydrogens is 312 g/mol. The van der Waals surface area contributed by atoms with Crippen molar-refractivity contribution in [1.29, 1.82) is 0 Å². The molecule has 0 aliphatic rings. The Hall–Kier alpha value is -3.21. The number of nitrogens with one attached hydrogen (secondary N) is 2. The molecule has 3 aromatic rings. The van der Waals surface area contributed by atoms with Crippen molar-refractivity contribution in [2.24, 2.45) is 0 Å². The van der Waals surface area contributed by atoms with Crippen molar-refractivity contribution < 1.29 is 4.79 Å². The molecule has 3 rings (SSSR count). The molecule has 0 saturated heterocycles. The third kappa shape index (κ3) is 4.64. The van der Waals surface area contributed by atoms with Gasteiger partial charge in [0.15, 0.2) is 11.6 Å². The van der Waals surface area contributed by atoms with Gasteiger partial charge < -0.3 is 10.6 Å². The van der Waals surface area contributed by atoms with Gasteiger partial charge in [-0.3, -0.25) is 4.79 Å². The third-order valence-electron chi connectivity index (χ3n) is 3.78. The number of hydrogen-bond donors (Lipinski definition) is 2. The van der Waals surface area contributed by atoms with Gasteiger partial charge in [-0.05, 0) is 43.2 Å². The van der Waals surface area contributed by atoms with Crippen LogP contribution < -0.4 is 10.6 Å². The maximum absolute atomic E-state index is 12.0. The minimum atomic E-state index is -0.115. The zero-order valence-corrected chi connectivity index (χ0v) is 14.3. The van der Waals surface area contributed by atoms with E-state index in [-0.39, 0.29) is 5.91 Å². The molecule has 0 unspecified atom stereocenters. The summed E-state index contributed by atoms with van der Waals surface area (Å²) in [5, 5.41) is 14.2. The van der Waals surface area contributed by atoms with Gasteiger partial charge in [-0.1, -0.05) is 48.0 Å². The second-order valence-corrected chi connectivity index (χ2v) is 5.96. The fourth-order valence-corrected chi connectivity index (χ4v) is 2.53. The van der Waals surface area contributed by atoms with E-state index in [9.17, 15) is 4.79 Å². The van der Waals surface area contributed by atoms with Crippen molar-refractivity contribution in [3.63, 3.8) is 0 Å². The van der Waals surface area contributed by atoms with Crippen LogP contribution in [0, 0.1) is 13.8 Å². The zero-order chi connectivity index (χ0) is 17.6. The van der Waals surface area contributed by atoms with Crippen molar-refractivity contribution >= 4 is 23.2 Å². The first-order valence-corrected chi connectivity index (χ1v) is 8.12. The highest BCUT2D eigenvalue weighted by Crippen LogP contribution is 2.20. The van der Waals surface area contributed by atoms with Crippen LogP contribution in [-0.4, -0.2) is 16.1 Å². The van der Waals surface area contributed by atoms with E-state index in [1.807, 2.05) is 49.4 Å². The number of carbonyl (C=O) groups is 1. The van der Waals surface area contributed by atoms with E-state index in [1.54, 1.807) is 12.1 Å². The van der Waals surface area contributed by atoms with Crippen molar-refractivity contribution in [2.75, 3.05) is 10.6 Å². The summed E-state index contributed by atoms with van der Waals surface area (Å²) in [5.41, 5.74) is 4.30. The first-order chi connectivity index (χ1) is 12.1. The molecule has 1 heterocycles. The van der Waals surface area contributed by atoms with Gasteiger partial charge in [0.05, 0.1) is 6.42 Å². The number of aryl methyl sites for hydroxylation is 2. The van der Waals surface area contributed by atoms with Gasteiger partial charge >= 0.3 is 0 Å². The van der Waals surface area contributed by atoms with Crippen molar-refractivity contribution in [3.8, 4) is 0 Å². The molecule has 5 nitrogen and oxygen atoms in total. The van der Waals surface area contributed by atoms with E-state index >= 15 is 0 Å². The predicted molar refractivity (Wildman–Crippen MR) is 100 cm³/mol. The largest absolute Gasteiger partial charge is 0.339 e. The molecule has 0 radical (unpaired) electrons. The van der Waals surface area contributed by atoms with Crippen LogP contribution >= 0.6 is 0 Å². The molecule has 126 valence electrons. The molecule has 0 spiro atoms. The number of nitrogens with zero attached hydrogens (tertiary/aromatic N) is 2. The number of anilines is 3. The highest BCUT2D eigenvalue weighted by molar-refractivity contribution is 5.91. The summed E-state index contributed by atoms with van der Waals surface area (Å²) in [6.45, 7) is 4.10.